The summed E-state index contributed by atoms with van der Waals surface area (Å²) in [4.78, 5) is 33.5. The number of carbonyl (C=O) groups excluding carboxylic acids is 1. The lowest BCUT2D eigenvalue weighted by atomic mass is 9.96. The second kappa shape index (κ2) is 12.3. The Hall–Kier alpha value is -3.95. The molecule has 210 valence electrons. The minimum atomic E-state index is -0.680. The van der Waals surface area contributed by atoms with E-state index in [2.05, 4.69) is 4.99 Å². The number of aromatic nitrogens is 1. The lowest BCUT2D eigenvalue weighted by Gasteiger charge is -2.25. The Morgan fingerprint density at radius 2 is 1.80 bits per heavy atom. The minimum absolute atomic E-state index is 0.249. The fraction of sp³-hybridized carbons (Fsp3) is 0.219. The van der Waals surface area contributed by atoms with Gasteiger partial charge < -0.3 is 9.47 Å². The maximum Gasteiger partial charge on any atom is 0.338 e. The van der Waals surface area contributed by atoms with Crippen LogP contribution in [0.2, 0.25) is 0 Å². The van der Waals surface area contributed by atoms with Crippen LogP contribution in [0.4, 0.5) is 4.39 Å². The fourth-order valence-corrected chi connectivity index (χ4v) is 6.02. The third kappa shape index (κ3) is 6.21. The van der Waals surface area contributed by atoms with E-state index in [0.29, 0.717) is 26.4 Å². The highest BCUT2D eigenvalue weighted by Gasteiger charge is 2.33. The van der Waals surface area contributed by atoms with Gasteiger partial charge in [0.1, 0.15) is 18.2 Å². The summed E-state index contributed by atoms with van der Waals surface area (Å²) in [6.45, 7) is 5.61. The Balaban J connectivity index is 1.59. The number of allylic oxidation sites excluding steroid dienone is 1. The summed E-state index contributed by atoms with van der Waals surface area (Å²) in [6.07, 6.45) is 3.45. The fourth-order valence-electron chi connectivity index (χ4n) is 4.58. The Kier molecular flexibility index (Phi) is 8.56. The van der Waals surface area contributed by atoms with Gasteiger partial charge in [-0.3, -0.25) is 9.36 Å². The molecule has 1 aromatic heterocycles. The van der Waals surface area contributed by atoms with Crippen molar-refractivity contribution in [1.29, 1.82) is 0 Å². The van der Waals surface area contributed by atoms with Crippen molar-refractivity contribution in [3.8, 4) is 5.75 Å². The molecule has 1 aliphatic heterocycles. The first kappa shape index (κ1) is 28.6. The summed E-state index contributed by atoms with van der Waals surface area (Å²) >= 11 is 2.88. The van der Waals surface area contributed by atoms with Crippen LogP contribution in [-0.4, -0.2) is 22.9 Å². The summed E-state index contributed by atoms with van der Waals surface area (Å²) in [5.74, 6) is -0.211. The number of thiazole rings is 1. The Morgan fingerprint density at radius 3 is 2.49 bits per heavy atom. The number of rotatable bonds is 8. The van der Waals surface area contributed by atoms with Gasteiger partial charge in [0.05, 0.1) is 27.9 Å². The number of halogens is 1. The molecule has 0 radical (unpaired) electrons. The molecule has 0 N–H and O–H groups in total. The van der Waals surface area contributed by atoms with Crippen molar-refractivity contribution >= 4 is 35.1 Å². The SMILES string of the molecule is CSc1ccc([C@H]2C(C(=O)OC(C)C)=C(C)N=c3s/c(=C\c4ccccc4OCc4ccc(F)cc4)c(=O)n32)cc1. The summed E-state index contributed by atoms with van der Waals surface area (Å²) in [5, 5.41) is 0. The molecule has 2 heterocycles. The molecule has 0 saturated carbocycles. The summed E-state index contributed by atoms with van der Waals surface area (Å²) in [7, 11) is 0. The van der Waals surface area contributed by atoms with Crippen LogP contribution in [0.15, 0.2) is 98.7 Å². The predicted molar refractivity (Wildman–Crippen MR) is 160 cm³/mol. The molecule has 4 aromatic rings. The second-order valence-electron chi connectivity index (χ2n) is 9.76. The van der Waals surface area contributed by atoms with E-state index in [9.17, 15) is 14.0 Å². The van der Waals surface area contributed by atoms with Gasteiger partial charge in [-0.2, -0.15) is 0 Å². The van der Waals surface area contributed by atoms with Crippen molar-refractivity contribution in [2.75, 3.05) is 6.26 Å². The van der Waals surface area contributed by atoms with E-state index in [1.807, 2.05) is 54.8 Å². The van der Waals surface area contributed by atoms with Gasteiger partial charge in [-0.15, -0.1) is 11.8 Å². The van der Waals surface area contributed by atoms with Crippen molar-refractivity contribution < 1.29 is 18.7 Å². The maximum absolute atomic E-state index is 14.0. The van der Waals surface area contributed by atoms with E-state index in [1.54, 1.807) is 55.3 Å². The first-order valence-electron chi connectivity index (χ1n) is 13.1. The third-order valence-corrected chi connectivity index (χ3v) is 8.26. The van der Waals surface area contributed by atoms with Crippen LogP contribution in [0.5, 0.6) is 5.75 Å². The van der Waals surface area contributed by atoms with E-state index in [0.717, 1.165) is 21.6 Å². The van der Waals surface area contributed by atoms with Gasteiger partial charge >= 0.3 is 5.97 Å². The first-order valence-corrected chi connectivity index (χ1v) is 15.1. The van der Waals surface area contributed by atoms with Crippen LogP contribution in [0.3, 0.4) is 0 Å². The standard InChI is InChI=1S/C32H29FN2O4S2/c1-19(2)39-31(37)28-20(3)34-32-35(29(28)22-11-15-25(40-4)16-12-22)30(36)27(41-32)17-23-7-5-6-8-26(23)38-18-21-9-13-24(33)14-10-21/h5-17,19,29H,18H2,1-4H3/b27-17-/t29-/m0/s1. The number of para-hydroxylation sites is 1. The Labute approximate surface area is 245 Å². The first-order chi connectivity index (χ1) is 19.7. The number of fused-ring (bicyclic) bond motifs is 1. The Bertz CT molecular complexity index is 1790. The van der Waals surface area contributed by atoms with Crippen LogP contribution in [0.25, 0.3) is 6.08 Å². The summed E-state index contributed by atoms with van der Waals surface area (Å²) in [5.41, 5.74) is 2.94. The molecule has 6 nitrogen and oxygen atoms in total. The largest absolute Gasteiger partial charge is 0.488 e. The van der Waals surface area contributed by atoms with E-state index < -0.39 is 12.0 Å². The number of hydrogen-bond acceptors (Lipinski definition) is 7. The van der Waals surface area contributed by atoms with Gasteiger partial charge in [-0.1, -0.05) is 53.8 Å². The van der Waals surface area contributed by atoms with Crippen molar-refractivity contribution in [2.24, 2.45) is 4.99 Å². The van der Waals surface area contributed by atoms with Crippen LogP contribution in [-0.2, 0) is 16.1 Å². The van der Waals surface area contributed by atoms with E-state index >= 15 is 0 Å². The third-order valence-electron chi connectivity index (χ3n) is 6.53. The smallest absolute Gasteiger partial charge is 0.338 e. The zero-order chi connectivity index (χ0) is 29.1. The molecule has 3 aromatic carbocycles. The lowest BCUT2D eigenvalue weighted by molar-refractivity contribution is -0.143. The highest BCUT2D eigenvalue weighted by Crippen LogP contribution is 2.32. The molecule has 0 fully saturated rings. The van der Waals surface area contributed by atoms with Crippen LogP contribution < -0.4 is 19.6 Å². The van der Waals surface area contributed by atoms with Crippen molar-refractivity contribution in [3.63, 3.8) is 0 Å². The number of thioether (sulfide) groups is 1. The van der Waals surface area contributed by atoms with E-state index in [4.69, 9.17) is 9.47 Å². The van der Waals surface area contributed by atoms with Crippen molar-refractivity contribution in [1.82, 2.24) is 4.57 Å². The van der Waals surface area contributed by atoms with Gasteiger partial charge in [0.25, 0.3) is 5.56 Å². The molecule has 1 aliphatic rings. The van der Waals surface area contributed by atoms with Crippen molar-refractivity contribution in [3.05, 3.63) is 126 Å². The van der Waals surface area contributed by atoms with E-state index in [1.165, 1.54) is 23.5 Å². The molecule has 0 spiro atoms. The van der Waals surface area contributed by atoms with Gasteiger partial charge in [0.15, 0.2) is 4.80 Å². The molecule has 0 bridgehead atoms. The van der Waals surface area contributed by atoms with Crippen LogP contribution >= 0.6 is 23.1 Å². The average Bonchev–Trinajstić information content (AvgIpc) is 3.26. The number of hydrogen-bond donors (Lipinski definition) is 0. The molecule has 0 aliphatic carbocycles. The van der Waals surface area contributed by atoms with Crippen LogP contribution in [0, 0.1) is 5.82 Å². The molecule has 9 heteroatoms. The molecule has 5 rings (SSSR count). The normalized spacial score (nSPS) is 15.1. The minimum Gasteiger partial charge on any atom is -0.488 e. The number of ether oxygens (including phenoxy) is 2. The lowest BCUT2D eigenvalue weighted by Crippen LogP contribution is -2.40. The van der Waals surface area contributed by atoms with Crippen LogP contribution in [0.1, 0.15) is 43.5 Å². The monoisotopic (exact) mass is 588 g/mol. The Morgan fingerprint density at radius 1 is 1.10 bits per heavy atom. The zero-order valence-electron chi connectivity index (χ0n) is 23.1. The molecule has 1 atom stereocenters. The molecular weight excluding hydrogens is 559 g/mol. The molecule has 0 amide bonds. The van der Waals surface area contributed by atoms with Crippen molar-refractivity contribution in [2.45, 2.75) is 44.4 Å². The number of carbonyl (C=O) groups is 1. The predicted octanol–water partition coefficient (Wildman–Crippen LogP) is 5.63. The number of esters is 1. The van der Waals surface area contributed by atoms with Gasteiger partial charge in [-0.25, -0.2) is 14.2 Å². The molecule has 0 unspecified atom stereocenters. The molecule has 0 saturated heterocycles. The zero-order valence-corrected chi connectivity index (χ0v) is 24.7. The van der Waals surface area contributed by atoms with Gasteiger partial charge in [0.2, 0.25) is 0 Å². The highest BCUT2D eigenvalue weighted by molar-refractivity contribution is 7.98. The van der Waals surface area contributed by atoms with E-state index in [-0.39, 0.29) is 24.1 Å². The van der Waals surface area contributed by atoms with Gasteiger partial charge in [-0.05, 0) is 74.6 Å². The quantitative estimate of drug-likeness (QED) is 0.197. The second-order valence-corrected chi connectivity index (χ2v) is 11.7. The highest BCUT2D eigenvalue weighted by atomic mass is 32.2. The average molecular weight is 589 g/mol. The molecule has 41 heavy (non-hydrogen) atoms. The number of nitrogens with zero attached hydrogens (tertiary/aromatic N) is 2. The van der Waals surface area contributed by atoms with Gasteiger partial charge in [0, 0.05) is 10.5 Å². The topological polar surface area (TPSA) is 69.9 Å². The maximum atomic E-state index is 14.0. The summed E-state index contributed by atoms with van der Waals surface area (Å²) < 4.78 is 27.0. The molecular formula is C32H29FN2O4S2. The summed E-state index contributed by atoms with van der Waals surface area (Å²) in [6, 6.07) is 20.7. The number of benzene rings is 3.